The van der Waals surface area contributed by atoms with Crippen molar-refractivity contribution in [3.63, 3.8) is 0 Å². The summed E-state index contributed by atoms with van der Waals surface area (Å²) in [6, 6.07) is 11.4. The second kappa shape index (κ2) is 7.67. The zero-order valence-electron chi connectivity index (χ0n) is 16.0. The molecule has 29 heavy (non-hydrogen) atoms. The first kappa shape index (κ1) is 19.1. The third-order valence-electron chi connectivity index (χ3n) is 5.27. The van der Waals surface area contributed by atoms with Crippen LogP contribution in [0.4, 0.5) is 4.39 Å². The number of H-pyrrole nitrogens is 1. The third-order valence-corrected chi connectivity index (χ3v) is 5.27. The Kier molecular flexibility index (Phi) is 5.07. The molecular formula is C22H22FN3O3. The Morgan fingerprint density at radius 2 is 2.00 bits per heavy atom. The van der Waals surface area contributed by atoms with Crippen LogP contribution in [-0.4, -0.2) is 40.6 Å². The lowest BCUT2D eigenvalue weighted by atomic mass is 10.00. The molecule has 3 aromatic rings. The number of hydrogen-bond acceptors (Lipinski definition) is 3. The Labute approximate surface area is 167 Å². The molecule has 7 heteroatoms. The third kappa shape index (κ3) is 3.86. The summed E-state index contributed by atoms with van der Waals surface area (Å²) in [5.41, 5.74) is 4.69. The molecule has 4 N–H and O–H groups in total. The molecule has 1 aromatic heterocycles. The van der Waals surface area contributed by atoms with Crippen molar-refractivity contribution in [2.75, 3.05) is 6.54 Å². The Balaban J connectivity index is 1.60. The lowest BCUT2D eigenvalue weighted by Gasteiger charge is -2.13. The lowest BCUT2D eigenvalue weighted by Crippen LogP contribution is -2.45. The van der Waals surface area contributed by atoms with E-state index in [2.05, 4.69) is 15.6 Å². The number of aromatic amines is 1. The molecular weight excluding hydrogens is 373 g/mol. The van der Waals surface area contributed by atoms with E-state index in [-0.39, 0.29) is 30.6 Å². The highest BCUT2D eigenvalue weighted by Gasteiger charge is 2.34. The summed E-state index contributed by atoms with van der Waals surface area (Å²) in [6.45, 7) is 2.14. The average Bonchev–Trinajstić information content (AvgIpc) is 3.21. The summed E-state index contributed by atoms with van der Waals surface area (Å²) in [6.07, 6.45) is -0.324. The van der Waals surface area contributed by atoms with E-state index in [1.165, 1.54) is 12.1 Å². The van der Waals surface area contributed by atoms with Crippen LogP contribution in [0.25, 0.3) is 22.2 Å². The molecule has 0 bridgehead atoms. The Morgan fingerprint density at radius 3 is 2.69 bits per heavy atom. The van der Waals surface area contributed by atoms with Crippen molar-refractivity contribution in [3.8, 4) is 11.3 Å². The van der Waals surface area contributed by atoms with Crippen LogP contribution in [0.1, 0.15) is 17.5 Å². The van der Waals surface area contributed by atoms with Gasteiger partial charge in [-0.05, 0) is 60.4 Å². The van der Waals surface area contributed by atoms with Crippen LogP contribution in [0.5, 0.6) is 0 Å². The van der Waals surface area contributed by atoms with Crippen molar-refractivity contribution in [2.45, 2.75) is 31.9 Å². The van der Waals surface area contributed by atoms with Crippen LogP contribution in [-0.2, 0) is 16.0 Å². The van der Waals surface area contributed by atoms with Gasteiger partial charge in [0.1, 0.15) is 18.0 Å². The second-order valence-electron chi connectivity index (χ2n) is 7.39. The molecule has 150 valence electrons. The summed E-state index contributed by atoms with van der Waals surface area (Å²) >= 11 is 0. The van der Waals surface area contributed by atoms with Gasteiger partial charge in [-0.25, -0.2) is 4.39 Å². The van der Waals surface area contributed by atoms with E-state index in [1.54, 1.807) is 12.1 Å². The number of nitrogens with one attached hydrogen (secondary N) is 3. The standard InChI is InChI=1S/C22H22FN3O3/c1-12-2-7-15-16(8-9-19(28)26-21-18(27)11-24-22(21)29)20(25-17(15)10-12)13-3-5-14(23)6-4-13/h2-7,10,18,21,25,27H,8-9,11H2,1H3,(H,24,29)(H,26,28)/t18-,21+/m1/s1. The van der Waals surface area contributed by atoms with E-state index >= 15 is 0 Å². The van der Waals surface area contributed by atoms with E-state index in [0.29, 0.717) is 6.42 Å². The lowest BCUT2D eigenvalue weighted by molar-refractivity contribution is -0.128. The van der Waals surface area contributed by atoms with Gasteiger partial charge in [0.2, 0.25) is 11.8 Å². The smallest absolute Gasteiger partial charge is 0.245 e. The molecule has 0 saturated carbocycles. The number of β-amino-alcohol motifs (C(OH)–C–C–N with tert-alkyl or cyclic N) is 1. The van der Waals surface area contributed by atoms with E-state index < -0.39 is 12.1 Å². The van der Waals surface area contributed by atoms with Gasteiger partial charge in [-0.1, -0.05) is 12.1 Å². The van der Waals surface area contributed by atoms with Gasteiger partial charge in [0, 0.05) is 29.6 Å². The van der Waals surface area contributed by atoms with Crippen LogP contribution >= 0.6 is 0 Å². The van der Waals surface area contributed by atoms with E-state index in [9.17, 15) is 19.1 Å². The molecule has 0 unspecified atom stereocenters. The molecule has 0 aliphatic carbocycles. The summed E-state index contributed by atoms with van der Waals surface area (Å²) in [5, 5.41) is 15.9. The maximum absolute atomic E-state index is 13.4. The minimum atomic E-state index is -0.919. The van der Waals surface area contributed by atoms with Crippen molar-refractivity contribution in [3.05, 3.63) is 59.4 Å². The van der Waals surface area contributed by atoms with Gasteiger partial charge in [0.05, 0.1) is 0 Å². The molecule has 2 heterocycles. The minimum absolute atomic E-state index is 0.139. The Bertz CT molecular complexity index is 1070. The molecule has 2 atom stereocenters. The van der Waals surface area contributed by atoms with Gasteiger partial charge in [-0.15, -0.1) is 0 Å². The zero-order chi connectivity index (χ0) is 20.5. The van der Waals surface area contributed by atoms with Gasteiger partial charge in [-0.2, -0.15) is 0 Å². The predicted molar refractivity (Wildman–Crippen MR) is 108 cm³/mol. The Morgan fingerprint density at radius 1 is 1.24 bits per heavy atom. The van der Waals surface area contributed by atoms with Gasteiger partial charge in [-0.3, -0.25) is 9.59 Å². The SMILES string of the molecule is Cc1ccc2c(CCC(=O)N[C@@H]3C(=O)NC[C@H]3O)c(-c3ccc(F)cc3)[nH]c2c1. The average molecular weight is 395 g/mol. The van der Waals surface area contributed by atoms with E-state index in [1.807, 2.05) is 25.1 Å². The minimum Gasteiger partial charge on any atom is -0.389 e. The molecule has 4 rings (SSSR count). The highest BCUT2D eigenvalue weighted by Crippen LogP contribution is 2.32. The molecule has 1 fully saturated rings. The quantitative estimate of drug-likeness (QED) is 0.533. The predicted octanol–water partition coefficient (Wildman–Crippen LogP) is 2.19. The maximum Gasteiger partial charge on any atom is 0.245 e. The number of rotatable bonds is 5. The monoisotopic (exact) mass is 395 g/mol. The van der Waals surface area contributed by atoms with Gasteiger partial charge in [0.25, 0.3) is 0 Å². The van der Waals surface area contributed by atoms with E-state index in [4.69, 9.17) is 0 Å². The molecule has 2 amide bonds. The van der Waals surface area contributed by atoms with E-state index in [0.717, 1.165) is 33.3 Å². The van der Waals surface area contributed by atoms with Crippen molar-refractivity contribution in [1.82, 2.24) is 15.6 Å². The van der Waals surface area contributed by atoms with Crippen LogP contribution in [0, 0.1) is 12.7 Å². The summed E-state index contributed by atoms with van der Waals surface area (Å²) in [4.78, 5) is 27.5. The van der Waals surface area contributed by atoms with Crippen molar-refractivity contribution in [2.24, 2.45) is 0 Å². The Hall–Kier alpha value is -3.19. The molecule has 0 spiro atoms. The topological polar surface area (TPSA) is 94.2 Å². The fraction of sp³-hybridized carbons (Fsp3) is 0.273. The number of hydrogen-bond donors (Lipinski definition) is 4. The first-order valence-corrected chi connectivity index (χ1v) is 9.54. The molecule has 1 aliphatic heterocycles. The van der Waals surface area contributed by atoms with Crippen LogP contribution < -0.4 is 10.6 Å². The molecule has 6 nitrogen and oxygen atoms in total. The first-order chi connectivity index (χ1) is 13.9. The fourth-order valence-corrected chi connectivity index (χ4v) is 3.75. The van der Waals surface area contributed by atoms with Gasteiger partial charge >= 0.3 is 0 Å². The number of benzene rings is 2. The largest absolute Gasteiger partial charge is 0.389 e. The van der Waals surface area contributed by atoms with Gasteiger partial charge in [0.15, 0.2) is 0 Å². The number of carbonyl (C=O) groups is 2. The normalized spacial score (nSPS) is 18.8. The van der Waals surface area contributed by atoms with Crippen molar-refractivity contribution < 1.29 is 19.1 Å². The van der Waals surface area contributed by atoms with Crippen molar-refractivity contribution in [1.29, 1.82) is 0 Å². The summed E-state index contributed by atoms with van der Waals surface area (Å²) in [5.74, 6) is -0.993. The molecule has 0 radical (unpaired) electrons. The first-order valence-electron chi connectivity index (χ1n) is 9.54. The highest BCUT2D eigenvalue weighted by atomic mass is 19.1. The maximum atomic E-state index is 13.4. The molecule has 1 saturated heterocycles. The zero-order valence-corrected chi connectivity index (χ0v) is 16.0. The van der Waals surface area contributed by atoms with Gasteiger partial charge < -0.3 is 20.7 Å². The van der Waals surface area contributed by atoms with Crippen LogP contribution in [0.3, 0.4) is 0 Å². The highest BCUT2D eigenvalue weighted by molar-refractivity contribution is 5.93. The van der Waals surface area contributed by atoms with Crippen LogP contribution in [0.15, 0.2) is 42.5 Å². The number of fused-ring (bicyclic) bond motifs is 1. The summed E-state index contributed by atoms with van der Waals surface area (Å²) in [7, 11) is 0. The number of amides is 2. The molecule has 2 aromatic carbocycles. The summed E-state index contributed by atoms with van der Waals surface area (Å²) < 4.78 is 13.4. The van der Waals surface area contributed by atoms with Crippen molar-refractivity contribution >= 4 is 22.7 Å². The number of carbonyl (C=O) groups excluding carboxylic acids is 2. The number of aryl methyl sites for hydroxylation is 2. The van der Waals surface area contributed by atoms with Crippen LogP contribution in [0.2, 0.25) is 0 Å². The number of aliphatic hydroxyl groups excluding tert-OH is 1. The number of halogens is 1. The number of aliphatic hydroxyl groups is 1. The number of aromatic nitrogens is 1. The second-order valence-corrected chi connectivity index (χ2v) is 7.39. The molecule has 1 aliphatic rings. The fourth-order valence-electron chi connectivity index (χ4n) is 3.75.